The second-order valence-corrected chi connectivity index (χ2v) is 7.14. The largest absolute Gasteiger partial charge is 0.425 e. The van der Waals surface area contributed by atoms with Gasteiger partial charge in [0.15, 0.2) is 5.78 Å². The minimum Gasteiger partial charge on any atom is -0.425 e. The Labute approximate surface area is 152 Å². The number of nitrogens with one attached hydrogen (secondary N) is 1. The highest BCUT2D eigenvalue weighted by Gasteiger charge is 2.48. The molecule has 0 radical (unpaired) electrons. The zero-order valence-electron chi connectivity index (χ0n) is 15.5. The number of carbonyl (C=O) groups is 4. The van der Waals surface area contributed by atoms with E-state index in [9.17, 15) is 19.2 Å². The lowest BCUT2D eigenvalue weighted by molar-refractivity contribution is -0.140. The zero-order valence-corrected chi connectivity index (χ0v) is 15.5. The lowest BCUT2D eigenvalue weighted by atomic mass is 9.92. The number of Topliss-reactive ketones (excluding diaryl/α,β-unsaturated/α-hetero) is 1. The van der Waals surface area contributed by atoms with Crippen molar-refractivity contribution in [3.8, 4) is 5.75 Å². The molecule has 1 aliphatic rings. The molecule has 0 unspecified atom stereocenters. The van der Waals surface area contributed by atoms with Gasteiger partial charge >= 0.3 is 12.0 Å². The summed E-state index contributed by atoms with van der Waals surface area (Å²) in [5, 5.41) is 2.67. The fourth-order valence-corrected chi connectivity index (χ4v) is 2.69. The Morgan fingerprint density at radius 2 is 1.81 bits per heavy atom. The van der Waals surface area contributed by atoms with Gasteiger partial charge in [-0.3, -0.25) is 14.5 Å². The van der Waals surface area contributed by atoms with Gasteiger partial charge in [0.25, 0.3) is 5.91 Å². The Morgan fingerprint density at radius 3 is 2.35 bits per heavy atom. The van der Waals surface area contributed by atoms with Crippen molar-refractivity contribution < 1.29 is 23.9 Å². The maximum atomic E-state index is 12.6. The molecule has 1 N–H and O–H groups in total. The minimum absolute atomic E-state index is 0.0945. The number of nitrogens with zero attached hydrogens (tertiary/aromatic N) is 1. The number of urea groups is 1. The van der Waals surface area contributed by atoms with Crippen molar-refractivity contribution in [1.29, 1.82) is 0 Å². The van der Waals surface area contributed by atoms with Crippen molar-refractivity contribution in [2.24, 2.45) is 5.92 Å². The Bertz CT molecular complexity index is 726. The number of hydrogen-bond donors (Lipinski definition) is 1. The van der Waals surface area contributed by atoms with Crippen LogP contribution in [0.5, 0.6) is 5.75 Å². The van der Waals surface area contributed by atoms with Crippen molar-refractivity contribution in [1.82, 2.24) is 10.2 Å². The molecule has 0 spiro atoms. The van der Waals surface area contributed by atoms with E-state index < -0.39 is 30.0 Å². The van der Waals surface area contributed by atoms with Crippen molar-refractivity contribution in [3.63, 3.8) is 0 Å². The standard InChI is InChI=1S/C19H24N2O5/c1-12(2)9-10-19(4)17(24)21(18(25)20-19)11-16(23)26-15-7-5-14(6-8-15)13(3)22/h5-8,12H,9-11H2,1-4H3,(H,20,25)/t19-/m1/s1. The fraction of sp³-hybridized carbons (Fsp3) is 0.474. The number of carbonyl (C=O) groups excluding carboxylic acids is 4. The normalized spacial score (nSPS) is 19.7. The zero-order chi connectivity index (χ0) is 19.5. The van der Waals surface area contributed by atoms with Crippen LogP contribution in [-0.4, -0.2) is 40.7 Å². The summed E-state index contributed by atoms with van der Waals surface area (Å²) in [5.41, 5.74) is -0.495. The van der Waals surface area contributed by atoms with Crippen LogP contribution in [0.25, 0.3) is 0 Å². The Kier molecular flexibility index (Phi) is 5.79. The first-order valence-electron chi connectivity index (χ1n) is 8.58. The molecule has 1 aromatic carbocycles. The molecule has 1 saturated heterocycles. The van der Waals surface area contributed by atoms with Crippen LogP contribution in [0.3, 0.4) is 0 Å². The van der Waals surface area contributed by atoms with Crippen LogP contribution in [-0.2, 0) is 9.59 Å². The quantitative estimate of drug-likeness (QED) is 0.349. The SMILES string of the molecule is CC(=O)c1ccc(OC(=O)CN2C(=O)N[C@](C)(CCC(C)C)C2=O)cc1. The van der Waals surface area contributed by atoms with Crippen molar-refractivity contribution in [2.45, 2.75) is 46.1 Å². The number of esters is 1. The maximum Gasteiger partial charge on any atom is 0.331 e. The molecule has 2 rings (SSSR count). The smallest absolute Gasteiger partial charge is 0.331 e. The molecule has 1 atom stereocenters. The Morgan fingerprint density at radius 1 is 1.19 bits per heavy atom. The third-order valence-corrected chi connectivity index (χ3v) is 4.35. The highest BCUT2D eigenvalue weighted by Crippen LogP contribution is 2.24. The summed E-state index contributed by atoms with van der Waals surface area (Å²) in [6, 6.07) is 5.48. The molecule has 0 bridgehead atoms. The van der Waals surface area contributed by atoms with Gasteiger partial charge in [0, 0.05) is 5.56 Å². The maximum absolute atomic E-state index is 12.6. The first kappa shape index (κ1) is 19.6. The van der Waals surface area contributed by atoms with Crippen LogP contribution in [0.4, 0.5) is 4.79 Å². The first-order valence-corrected chi connectivity index (χ1v) is 8.58. The second-order valence-electron chi connectivity index (χ2n) is 7.14. The summed E-state index contributed by atoms with van der Waals surface area (Å²) in [6.07, 6.45) is 1.29. The van der Waals surface area contributed by atoms with Gasteiger partial charge in [-0.15, -0.1) is 0 Å². The Hall–Kier alpha value is -2.70. The molecule has 1 aromatic rings. The molecule has 0 saturated carbocycles. The Balaban J connectivity index is 1.98. The number of imide groups is 1. The van der Waals surface area contributed by atoms with E-state index in [0.717, 1.165) is 11.3 Å². The molecule has 0 aliphatic carbocycles. The highest BCUT2D eigenvalue weighted by atomic mass is 16.5. The summed E-state index contributed by atoms with van der Waals surface area (Å²) in [4.78, 5) is 48.9. The van der Waals surface area contributed by atoms with E-state index in [4.69, 9.17) is 4.74 Å². The molecule has 1 heterocycles. The van der Waals surface area contributed by atoms with Gasteiger partial charge in [0.05, 0.1) is 0 Å². The third kappa shape index (κ3) is 4.47. The molecule has 3 amide bonds. The van der Waals surface area contributed by atoms with Crippen LogP contribution in [0.15, 0.2) is 24.3 Å². The number of rotatable bonds is 7. The summed E-state index contributed by atoms with van der Waals surface area (Å²) in [6.45, 7) is 6.72. The van der Waals surface area contributed by atoms with Crippen molar-refractivity contribution in [2.75, 3.05) is 6.54 Å². The molecule has 1 fully saturated rings. The van der Waals surface area contributed by atoms with Gasteiger partial charge in [-0.05, 0) is 56.9 Å². The number of ketones is 1. The van der Waals surface area contributed by atoms with E-state index >= 15 is 0 Å². The van der Waals surface area contributed by atoms with E-state index in [1.165, 1.54) is 19.1 Å². The monoisotopic (exact) mass is 360 g/mol. The van der Waals surface area contributed by atoms with E-state index in [0.29, 0.717) is 17.9 Å². The van der Waals surface area contributed by atoms with Gasteiger partial charge in [0.2, 0.25) is 0 Å². The summed E-state index contributed by atoms with van der Waals surface area (Å²) < 4.78 is 5.15. The van der Waals surface area contributed by atoms with E-state index in [-0.39, 0.29) is 11.5 Å². The van der Waals surface area contributed by atoms with E-state index in [2.05, 4.69) is 5.32 Å². The average Bonchev–Trinajstić information content (AvgIpc) is 2.77. The summed E-state index contributed by atoms with van der Waals surface area (Å²) in [7, 11) is 0. The van der Waals surface area contributed by atoms with Crippen LogP contribution in [0.1, 0.15) is 50.9 Å². The van der Waals surface area contributed by atoms with Crippen molar-refractivity contribution >= 4 is 23.7 Å². The van der Waals surface area contributed by atoms with Crippen LogP contribution in [0, 0.1) is 5.92 Å². The van der Waals surface area contributed by atoms with Gasteiger partial charge in [-0.25, -0.2) is 9.59 Å². The van der Waals surface area contributed by atoms with Gasteiger partial charge in [-0.2, -0.15) is 0 Å². The number of amides is 3. The lowest BCUT2D eigenvalue weighted by Gasteiger charge is -2.22. The second kappa shape index (κ2) is 7.68. The lowest BCUT2D eigenvalue weighted by Crippen LogP contribution is -2.44. The summed E-state index contributed by atoms with van der Waals surface area (Å²) in [5.74, 6) is -0.602. The van der Waals surface area contributed by atoms with Crippen LogP contribution < -0.4 is 10.1 Å². The molecule has 1 aliphatic heterocycles. The topological polar surface area (TPSA) is 92.8 Å². The number of ether oxygens (including phenoxy) is 1. The van der Waals surface area contributed by atoms with E-state index in [1.807, 2.05) is 13.8 Å². The molecule has 0 aromatic heterocycles. The predicted molar refractivity (Wildman–Crippen MR) is 94.8 cm³/mol. The molecule has 7 heteroatoms. The van der Waals surface area contributed by atoms with Gasteiger partial charge in [0.1, 0.15) is 17.8 Å². The molecule has 7 nitrogen and oxygen atoms in total. The van der Waals surface area contributed by atoms with Gasteiger partial charge in [-0.1, -0.05) is 13.8 Å². The third-order valence-electron chi connectivity index (χ3n) is 4.35. The first-order chi connectivity index (χ1) is 12.1. The van der Waals surface area contributed by atoms with Crippen LogP contribution in [0.2, 0.25) is 0 Å². The minimum atomic E-state index is -0.995. The van der Waals surface area contributed by atoms with Crippen molar-refractivity contribution in [3.05, 3.63) is 29.8 Å². The fourth-order valence-electron chi connectivity index (χ4n) is 2.69. The number of benzene rings is 1. The molecular formula is C19H24N2O5. The molecule has 140 valence electrons. The highest BCUT2D eigenvalue weighted by molar-refractivity contribution is 6.08. The van der Waals surface area contributed by atoms with Crippen LogP contribution >= 0.6 is 0 Å². The van der Waals surface area contributed by atoms with E-state index in [1.54, 1.807) is 19.1 Å². The number of hydrogen-bond acceptors (Lipinski definition) is 5. The molecule has 26 heavy (non-hydrogen) atoms. The predicted octanol–water partition coefficient (Wildman–Crippen LogP) is 2.54. The summed E-state index contributed by atoms with van der Waals surface area (Å²) >= 11 is 0. The average molecular weight is 360 g/mol. The molecular weight excluding hydrogens is 336 g/mol. The van der Waals surface area contributed by atoms with Gasteiger partial charge < -0.3 is 10.1 Å².